The van der Waals surface area contributed by atoms with Gasteiger partial charge in [-0.3, -0.25) is 4.79 Å². The van der Waals surface area contributed by atoms with Crippen molar-refractivity contribution in [3.63, 3.8) is 0 Å². The molecule has 1 aromatic heterocycles. The van der Waals surface area contributed by atoms with Gasteiger partial charge in [-0.1, -0.05) is 0 Å². The van der Waals surface area contributed by atoms with Crippen LogP contribution in [0, 0.1) is 5.82 Å². The molecule has 0 spiro atoms. The molecule has 0 saturated heterocycles. The smallest absolute Gasteiger partial charge is 0.314 e. The summed E-state index contributed by atoms with van der Waals surface area (Å²) in [5.74, 6) is -0.558. The van der Waals surface area contributed by atoms with Crippen molar-refractivity contribution in [2.75, 3.05) is 0 Å². The van der Waals surface area contributed by atoms with Crippen molar-refractivity contribution in [3.05, 3.63) is 34.4 Å². The van der Waals surface area contributed by atoms with Crippen molar-refractivity contribution in [2.45, 2.75) is 0 Å². The second kappa shape index (κ2) is 2.51. The fourth-order valence-electron chi connectivity index (χ4n) is 1.01. The zero-order valence-corrected chi connectivity index (χ0v) is 6.31. The Balaban J connectivity index is 2.97. The van der Waals surface area contributed by atoms with Crippen LogP contribution in [0.15, 0.2) is 23.0 Å². The normalized spacial score (nSPS) is 10.5. The molecule has 0 bridgehead atoms. The van der Waals surface area contributed by atoms with Crippen LogP contribution in [0.3, 0.4) is 0 Å². The molecule has 66 valence electrons. The second-order valence-electron chi connectivity index (χ2n) is 2.45. The van der Waals surface area contributed by atoms with Crippen molar-refractivity contribution in [3.8, 4) is 0 Å². The molecule has 1 N–H and O–H groups in total. The van der Waals surface area contributed by atoms with Gasteiger partial charge in [-0.15, -0.1) is 5.10 Å². The summed E-state index contributed by atoms with van der Waals surface area (Å²) in [7, 11) is 0. The van der Waals surface area contributed by atoms with Crippen LogP contribution in [-0.4, -0.2) is 20.4 Å². The van der Waals surface area contributed by atoms with Crippen LogP contribution in [0.5, 0.6) is 0 Å². The van der Waals surface area contributed by atoms with Crippen LogP contribution in [0.4, 0.5) is 4.39 Å². The topological polar surface area (TPSA) is 68.0 Å². The fraction of sp³-hybridized carbons (Fsp3) is 0. The van der Waals surface area contributed by atoms with Crippen molar-refractivity contribution in [2.24, 2.45) is 0 Å². The predicted molar refractivity (Wildman–Crippen MR) is 40.9 cm³/mol. The Labute approximate surface area is 71.0 Å². The van der Waals surface area contributed by atoms with E-state index in [1.165, 1.54) is 6.07 Å². The molecule has 2 rings (SSSR count). The number of aromatic nitrogens is 3. The van der Waals surface area contributed by atoms with Gasteiger partial charge in [-0.2, -0.15) is 0 Å². The number of halogens is 1. The highest BCUT2D eigenvalue weighted by molar-refractivity contribution is 5.76. The maximum atomic E-state index is 12.7. The second-order valence-corrected chi connectivity index (χ2v) is 2.45. The summed E-state index contributed by atoms with van der Waals surface area (Å²) < 4.78 is 12.7. The standard InChI is InChI=1S/C7H4FN3O2/c8-4-1-2-6-5(3-4)7(12)11(13)10-9-6/h1-3,13H. The fourth-order valence-corrected chi connectivity index (χ4v) is 1.01. The molecular formula is C7H4FN3O2. The Morgan fingerprint density at radius 1 is 1.46 bits per heavy atom. The highest BCUT2D eigenvalue weighted by atomic mass is 19.1. The Morgan fingerprint density at radius 2 is 2.23 bits per heavy atom. The third kappa shape index (κ3) is 1.12. The average molecular weight is 181 g/mol. The van der Waals surface area contributed by atoms with Crippen LogP contribution in [0.2, 0.25) is 0 Å². The Hall–Kier alpha value is -1.98. The van der Waals surface area contributed by atoms with Crippen LogP contribution in [0.25, 0.3) is 10.9 Å². The summed E-state index contributed by atoms with van der Waals surface area (Å²) in [5.41, 5.74) is -0.541. The molecule has 1 heterocycles. The van der Waals surface area contributed by atoms with E-state index in [1.807, 2.05) is 0 Å². The van der Waals surface area contributed by atoms with Gasteiger partial charge >= 0.3 is 5.56 Å². The number of fused-ring (bicyclic) bond motifs is 1. The van der Waals surface area contributed by atoms with Crippen LogP contribution in [-0.2, 0) is 0 Å². The predicted octanol–water partition coefficient (Wildman–Crippen LogP) is 0.168. The molecule has 0 saturated carbocycles. The first-order chi connectivity index (χ1) is 6.18. The van der Waals surface area contributed by atoms with E-state index in [1.54, 1.807) is 0 Å². The molecular weight excluding hydrogens is 177 g/mol. The van der Waals surface area contributed by atoms with Crippen molar-refractivity contribution < 1.29 is 9.60 Å². The molecule has 6 heteroatoms. The average Bonchev–Trinajstić information content (AvgIpc) is 2.12. The van der Waals surface area contributed by atoms with Gasteiger partial charge in [-0.05, 0) is 28.3 Å². The summed E-state index contributed by atoms with van der Waals surface area (Å²) in [6.07, 6.45) is 0. The van der Waals surface area contributed by atoms with Crippen LogP contribution < -0.4 is 5.56 Å². The highest BCUT2D eigenvalue weighted by Crippen LogP contribution is 2.06. The monoisotopic (exact) mass is 181 g/mol. The molecule has 0 fully saturated rings. The first-order valence-corrected chi connectivity index (χ1v) is 3.43. The quantitative estimate of drug-likeness (QED) is 0.588. The molecule has 2 aromatic rings. The minimum atomic E-state index is -0.787. The van der Waals surface area contributed by atoms with Gasteiger partial charge in [0.1, 0.15) is 11.3 Å². The zero-order chi connectivity index (χ0) is 9.42. The van der Waals surface area contributed by atoms with E-state index < -0.39 is 11.4 Å². The summed E-state index contributed by atoms with van der Waals surface area (Å²) in [6, 6.07) is 3.48. The van der Waals surface area contributed by atoms with E-state index in [2.05, 4.69) is 10.3 Å². The molecule has 0 radical (unpaired) electrons. The summed E-state index contributed by atoms with van der Waals surface area (Å²) in [5, 5.41) is 15.4. The van der Waals surface area contributed by atoms with Crippen molar-refractivity contribution >= 4 is 10.9 Å². The Kier molecular flexibility index (Phi) is 1.48. The van der Waals surface area contributed by atoms with E-state index in [4.69, 9.17) is 5.21 Å². The number of benzene rings is 1. The van der Waals surface area contributed by atoms with E-state index in [0.717, 1.165) is 12.1 Å². The number of nitrogens with zero attached hydrogens (tertiary/aromatic N) is 3. The van der Waals surface area contributed by atoms with Crippen molar-refractivity contribution in [1.29, 1.82) is 0 Å². The minimum Gasteiger partial charge on any atom is -0.407 e. The molecule has 1 aromatic carbocycles. The minimum absolute atomic E-state index is 0.00231. The lowest BCUT2D eigenvalue weighted by molar-refractivity contribution is 0.127. The molecule has 5 nitrogen and oxygen atoms in total. The maximum Gasteiger partial charge on any atom is 0.314 e. The van der Waals surface area contributed by atoms with E-state index in [-0.39, 0.29) is 15.7 Å². The maximum absolute atomic E-state index is 12.7. The highest BCUT2D eigenvalue weighted by Gasteiger charge is 2.04. The van der Waals surface area contributed by atoms with Gasteiger partial charge in [0.05, 0.1) is 5.39 Å². The lowest BCUT2D eigenvalue weighted by atomic mass is 10.2. The lowest BCUT2D eigenvalue weighted by Crippen LogP contribution is -2.21. The summed E-state index contributed by atoms with van der Waals surface area (Å²) in [6.45, 7) is 0. The van der Waals surface area contributed by atoms with Crippen molar-refractivity contribution in [1.82, 2.24) is 15.2 Å². The lowest BCUT2D eigenvalue weighted by Gasteiger charge is -1.96. The Morgan fingerprint density at radius 3 is 3.00 bits per heavy atom. The molecule has 0 aliphatic heterocycles. The summed E-state index contributed by atoms with van der Waals surface area (Å²) in [4.78, 5) is 11.2. The van der Waals surface area contributed by atoms with Crippen LogP contribution >= 0.6 is 0 Å². The SMILES string of the molecule is O=c1c2cc(F)ccc2nnn1O. The number of hydrogen-bond acceptors (Lipinski definition) is 4. The number of rotatable bonds is 0. The number of hydrogen-bond donors (Lipinski definition) is 1. The summed E-state index contributed by atoms with van der Waals surface area (Å²) >= 11 is 0. The third-order valence-corrected chi connectivity index (χ3v) is 1.61. The molecule has 0 amide bonds. The van der Waals surface area contributed by atoms with Crippen LogP contribution in [0.1, 0.15) is 0 Å². The van der Waals surface area contributed by atoms with Gasteiger partial charge in [0, 0.05) is 0 Å². The van der Waals surface area contributed by atoms with E-state index in [9.17, 15) is 9.18 Å². The zero-order valence-electron chi connectivity index (χ0n) is 6.31. The van der Waals surface area contributed by atoms with Gasteiger partial charge in [0.2, 0.25) is 0 Å². The van der Waals surface area contributed by atoms with Gasteiger partial charge in [-0.25, -0.2) is 4.39 Å². The Bertz CT molecular complexity index is 517. The molecule has 0 unspecified atom stereocenters. The molecule has 0 atom stereocenters. The molecule has 0 aliphatic rings. The van der Waals surface area contributed by atoms with Gasteiger partial charge < -0.3 is 5.21 Å². The van der Waals surface area contributed by atoms with E-state index >= 15 is 0 Å². The third-order valence-electron chi connectivity index (χ3n) is 1.61. The van der Waals surface area contributed by atoms with Gasteiger partial charge in [0.25, 0.3) is 0 Å². The molecule has 0 aliphatic carbocycles. The molecule has 13 heavy (non-hydrogen) atoms. The van der Waals surface area contributed by atoms with E-state index in [0.29, 0.717) is 0 Å². The first-order valence-electron chi connectivity index (χ1n) is 3.43. The largest absolute Gasteiger partial charge is 0.407 e. The van der Waals surface area contributed by atoms with Gasteiger partial charge in [0.15, 0.2) is 0 Å². The first kappa shape index (κ1) is 7.66.